The highest BCUT2D eigenvalue weighted by Crippen LogP contribution is 2.27. The third-order valence-corrected chi connectivity index (χ3v) is 3.67. The second kappa shape index (κ2) is 6.73. The van der Waals surface area contributed by atoms with Crippen LogP contribution in [0.25, 0.3) is 0 Å². The summed E-state index contributed by atoms with van der Waals surface area (Å²) >= 11 is 0. The van der Waals surface area contributed by atoms with Gasteiger partial charge in [0.15, 0.2) is 0 Å². The largest absolute Gasteiger partial charge is 0.480 e. The van der Waals surface area contributed by atoms with Crippen LogP contribution in [-0.4, -0.2) is 28.6 Å². The van der Waals surface area contributed by atoms with Crippen molar-refractivity contribution in [3.63, 3.8) is 0 Å². The zero-order chi connectivity index (χ0) is 13.6. The smallest absolute Gasteiger partial charge is 0.329 e. The van der Waals surface area contributed by atoms with Crippen molar-refractivity contribution in [2.75, 3.05) is 0 Å². The molecule has 1 rings (SSSR count). The first kappa shape index (κ1) is 15.0. The van der Waals surface area contributed by atoms with Crippen molar-refractivity contribution in [3.8, 4) is 0 Å². The van der Waals surface area contributed by atoms with Crippen LogP contribution in [0.5, 0.6) is 0 Å². The molecule has 5 nitrogen and oxygen atoms in total. The maximum absolute atomic E-state index is 11.9. The lowest BCUT2D eigenvalue weighted by atomic mass is 9.89. The molecule has 0 bridgehead atoms. The van der Waals surface area contributed by atoms with Crippen LogP contribution >= 0.6 is 0 Å². The Morgan fingerprint density at radius 1 is 1.28 bits per heavy atom. The van der Waals surface area contributed by atoms with Gasteiger partial charge in [0.2, 0.25) is 5.91 Å². The molecular weight excluding hydrogens is 232 g/mol. The van der Waals surface area contributed by atoms with Crippen LogP contribution in [-0.2, 0) is 9.59 Å². The molecule has 0 heterocycles. The van der Waals surface area contributed by atoms with Gasteiger partial charge in [-0.2, -0.15) is 0 Å². The van der Waals surface area contributed by atoms with Crippen molar-refractivity contribution in [1.29, 1.82) is 0 Å². The molecule has 0 saturated heterocycles. The normalized spacial score (nSPS) is 20.8. The van der Waals surface area contributed by atoms with E-state index in [4.69, 9.17) is 5.73 Å². The summed E-state index contributed by atoms with van der Waals surface area (Å²) in [5.41, 5.74) is 4.64. The summed E-state index contributed by atoms with van der Waals surface area (Å²) in [7, 11) is 0. The Balaban J connectivity index is 2.72. The second-order valence-corrected chi connectivity index (χ2v) is 5.19. The molecule has 0 aliphatic heterocycles. The summed E-state index contributed by atoms with van der Waals surface area (Å²) in [4.78, 5) is 23.4. The highest BCUT2D eigenvalue weighted by atomic mass is 16.4. The molecule has 1 saturated carbocycles. The summed E-state index contributed by atoms with van der Waals surface area (Å²) in [5.74, 6) is -1.26. The zero-order valence-corrected chi connectivity index (χ0v) is 11.1. The van der Waals surface area contributed by atoms with Crippen LogP contribution in [0.15, 0.2) is 0 Å². The van der Waals surface area contributed by atoms with Gasteiger partial charge in [-0.25, -0.2) is 4.79 Å². The minimum absolute atomic E-state index is 0.332. The number of nitrogens with one attached hydrogen (secondary N) is 1. The van der Waals surface area contributed by atoms with Gasteiger partial charge in [0.1, 0.15) is 5.54 Å². The van der Waals surface area contributed by atoms with E-state index in [1.54, 1.807) is 0 Å². The maximum Gasteiger partial charge on any atom is 0.329 e. The summed E-state index contributed by atoms with van der Waals surface area (Å²) < 4.78 is 0. The zero-order valence-electron chi connectivity index (χ0n) is 11.1. The summed E-state index contributed by atoms with van der Waals surface area (Å²) in [6.45, 7) is 1.95. The van der Waals surface area contributed by atoms with Gasteiger partial charge in [-0.05, 0) is 19.3 Å². The van der Waals surface area contributed by atoms with Crippen molar-refractivity contribution >= 4 is 11.9 Å². The lowest BCUT2D eigenvalue weighted by Gasteiger charge is -2.30. The molecule has 18 heavy (non-hydrogen) atoms. The van der Waals surface area contributed by atoms with Crippen LogP contribution in [0.2, 0.25) is 0 Å². The third-order valence-electron chi connectivity index (χ3n) is 3.67. The number of rotatable bonds is 5. The van der Waals surface area contributed by atoms with Gasteiger partial charge in [-0.15, -0.1) is 0 Å². The van der Waals surface area contributed by atoms with Gasteiger partial charge in [0.25, 0.3) is 0 Å². The van der Waals surface area contributed by atoms with Crippen LogP contribution in [0.3, 0.4) is 0 Å². The second-order valence-electron chi connectivity index (χ2n) is 5.19. The topological polar surface area (TPSA) is 92.4 Å². The van der Waals surface area contributed by atoms with E-state index in [2.05, 4.69) is 5.32 Å². The Kier molecular flexibility index (Phi) is 5.59. The van der Waals surface area contributed by atoms with Crippen molar-refractivity contribution in [3.05, 3.63) is 0 Å². The molecule has 1 atom stereocenters. The molecule has 0 aromatic rings. The average Bonchev–Trinajstić information content (AvgIpc) is 2.56. The van der Waals surface area contributed by atoms with Gasteiger partial charge in [0.05, 0.1) is 6.04 Å². The molecule has 5 heteroatoms. The number of nitrogens with two attached hydrogens (primary N) is 1. The SMILES string of the molecule is CCC[C@@H](N)C(=O)NC1(C(=O)O)CCCCCC1. The number of carbonyl (C=O) groups excluding carboxylic acids is 1. The molecule has 1 aliphatic rings. The molecule has 0 radical (unpaired) electrons. The lowest BCUT2D eigenvalue weighted by molar-refractivity contribution is -0.148. The van der Waals surface area contributed by atoms with Crippen molar-refractivity contribution in [2.24, 2.45) is 5.73 Å². The lowest BCUT2D eigenvalue weighted by Crippen LogP contribution is -2.58. The van der Waals surface area contributed by atoms with E-state index in [9.17, 15) is 14.7 Å². The summed E-state index contributed by atoms with van der Waals surface area (Å²) in [6.07, 6.45) is 6.17. The minimum Gasteiger partial charge on any atom is -0.480 e. The molecule has 1 aliphatic carbocycles. The highest BCUT2D eigenvalue weighted by Gasteiger charge is 2.40. The van der Waals surface area contributed by atoms with E-state index in [0.717, 1.165) is 32.1 Å². The molecule has 104 valence electrons. The van der Waals surface area contributed by atoms with E-state index in [1.807, 2.05) is 6.92 Å². The predicted molar refractivity (Wildman–Crippen MR) is 69.1 cm³/mol. The Bertz CT molecular complexity index is 297. The van der Waals surface area contributed by atoms with Gasteiger partial charge in [-0.3, -0.25) is 4.79 Å². The molecule has 0 unspecified atom stereocenters. The number of amides is 1. The number of aliphatic carboxylic acids is 1. The quantitative estimate of drug-likeness (QED) is 0.648. The Hall–Kier alpha value is -1.10. The number of hydrogen-bond donors (Lipinski definition) is 3. The molecule has 0 spiro atoms. The van der Waals surface area contributed by atoms with Crippen LogP contribution in [0.4, 0.5) is 0 Å². The standard InChI is InChI=1S/C13H24N2O3/c1-2-7-10(14)11(16)15-13(12(17)18)8-5-3-4-6-9-13/h10H,2-9,14H2,1H3,(H,15,16)(H,17,18)/t10-/m1/s1. The molecule has 1 amide bonds. The Morgan fingerprint density at radius 3 is 2.28 bits per heavy atom. The van der Waals surface area contributed by atoms with Crippen LogP contribution in [0, 0.1) is 0 Å². The first-order valence-electron chi connectivity index (χ1n) is 6.83. The van der Waals surface area contributed by atoms with Gasteiger partial charge >= 0.3 is 5.97 Å². The fraction of sp³-hybridized carbons (Fsp3) is 0.846. The Labute approximate surface area is 108 Å². The van der Waals surface area contributed by atoms with E-state index in [0.29, 0.717) is 19.3 Å². The fourth-order valence-corrected chi connectivity index (χ4v) is 2.50. The maximum atomic E-state index is 11.9. The van der Waals surface area contributed by atoms with E-state index in [1.165, 1.54) is 0 Å². The average molecular weight is 256 g/mol. The van der Waals surface area contributed by atoms with Crippen molar-refractivity contribution in [1.82, 2.24) is 5.32 Å². The van der Waals surface area contributed by atoms with Gasteiger partial charge < -0.3 is 16.2 Å². The first-order valence-corrected chi connectivity index (χ1v) is 6.83. The van der Waals surface area contributed by atoms with Crippen LogP contribution in [0.1, 0.15) is 58.3 Å². The molecule has 0 aromatic heterocycles. The molecule has 1 fully saturated rings. The number of carboxylic acids is 1. The first-order chi connectivity index (χ1) is 8.52. The highest BCUT2D eigenvalue weighted by molar-refractivity contribution is 5.89. The summed E-state index contributed by atoms with van der Waals surface area (Å²) in [5, 5.41) is 12.1. The minimum atomic E-state index is -1.10. The monoisotopic (exact) mass is 256 g/mol. The van der Waals surface area contributed by atoms with Crippen molar-refractivity contribution < 1.29 is 14.7 Å². The van der Waals surface area contributed by atoms with Crippen LogP contribution < -0.4 is 11.1 Å². The number of carbonyl (C=O) groups is 2. The Morgan fingerprint density at radius 2 is 1.83 bits per heavy atom. The summed E-state index contributed by atoms with van der Waals surface area (Å²) in [6, 6.07) is -0.602. The van der Waals surface area contributed by atoms with Crippen molar-refractivity contribution in [2.45, 2.75) is 69.9 Å². The molecular formula is C13H24N2O3. The predicted octanol–water partition coefficient (Wildman–Crippen LogP) is 1.41. The van der Waals surface area contributed by atoms with Gasteiger partial charge in [-0.1, -0.05) is 39.0 Å². The molecule has 0 aromatic carbocycles. The van der Waals surface area contributed by atoms with E-state index >= 15 is 0 Å². The van der Waals surface area contributed by atoms with Gasteiger partial charge in [0, 0.05) is 0 Å². The van der Waals surface area contributed by atoms with E-state index in [-0.39, 0.29) is 5.91 Å². The molecule has 4 N–H and O–H groups in total. The third kappa shape index (κ3) is 3.70. The number of hydrogen-bond acceptors (Lipinski definition) is 3. The fourth-order valence-electron chi connectivity index (χ4n) is 2.50. The van der Waals surface area contributed by atoms with E-state index < -0.39 is 17.6 Å². The number of carboxylic acid groups (broad SMARTS) is 1.